The lowest BCUT2D eigenvalue weighted by molar-refractivity contribution is -0.148. The molecular formula is C25H36N2O3. The maximum Gasteiger partial charge on any atom is 0.253 e. The molecule has 1 aliphatic heterocycles. The van der Waals surface area contributed by atoms with E-state index in [1.807, 2.05) is 0 Å². The van der Waals surface area contributed by atoms with E-state index >= 15 is 0 Å². The van der Waals surface area contributed by atoms with Crippen molar-refractivity contribution in [2.24, 2.45) is 5.92 Å². The number of nitrogens with zero attached hydrogens (tertiary/aromatic N) is 1. The number of hydrogen-bond donors (Lipinski definition) is 2. The average molecular weight is 413 g/mol. The molecule has 4 rings (SSSR count). The van der Waals surface area contributed by atoms with Crippen molar-refractivity contribution in [1.82, 2.24) is 10.2 Å². The van der Waals surface area contributed by atoms with Gasteiger partial charge in [0.05, 0.1) is 6.61 Å². The lowest BCUT2D eigenvalue weighted by atomic mass is 9.83. The van der Waals surface area contributed by atoms with E-state index in [1.165, 1.54) is 23.1 Å². The third kappa shape index (κ3) is 5.13. The van der Waals surface area contributed by atoms with Crippen LogP contribution < -0.4 is 5.32 Å². The van der Waals surface area contributed by atoms with E-state index in [2.05, 4.69) is 40.6 Å². The second-order valence-electron chi connectivity index (χ2n) is 9.01. The number of carbonyl (C=O) groups excluding carboxylic acids is 1. The molecule has 0 spiro atoms. The molecule has 5 heteroatoms. The zero-order valence-electron chi connectivity index (χ0n) is 18.0. The van der Waals surface area contributed by atoms with Gasteiger partial charge in [0, 0.05) is 32.3 Å². The van der Waals surface area contributed by atoms with Crippen LogP contribution >= 0.6 is 0 Å². The van der Waals surface area contributed by atoms with Gasteiger partial charge < -0.3 is 20.1 Å². The smallest absolute Gasteiger partial charge is 0.253 e. The molecule has 5 nitrogen and oxygen atoms in total. The van der Waals surface area contributed by atoms with Gasteiger partial charge in [-0.3, -0.25) is 4.79 Å². The number of carbonyl (C=O) groups is 1. The van der Waals surface area contributed by atoms with Crippen LogP contribution in [0.25, 0.3) is 5.57 Å². The molecule has 2 N–H and O–H groups in total. The third-order valence-corrected chi connectivity index (χ3v) is 6.95. The van der Waals surface area contributed by atoms with Crippen molar-refractivity contribution in [3.8, 4) is 0 Å². The normalized spacial score (nSPS) is 26.5. The number of morpholine rings is 1. The molecule has 1 unspecified atom stereocenters. The Kier molecular flexibility index (Phi) is 7.58. The van der Waals surface area contributed by atoms with Gasteiger partial charge in [0.25, 0.3) is 5.91 Å². The molecule has 2 atom stereocenters. The monoisotopic (exact) mass is 412 g/mol. The van der Waals surface area contributed by atoms with Gasteiger partial charge in [-0.15, -0.1) is 0 Å². The van der Waals surface area contributed by atoms with E-state index < -0.39 is 0 Å². The quantitative estimate of drug-likeness (QED) is 0.722. The molecule has 164 valence electrons. The fraction of sp³-hybridized carbons (Fsp3) is 0.640. The third-order valence-electron chi connectivity index (χ3n) is 6.95. The lowest BCUT2D eigenvalue weighted by Crippen LogP contribution is -2.54. The number of aliphatic hydroxyl groups is 1. The van der Waals surface area contributed by atoms with Crippen LogP contribution in [0, 0.1) is 5.92 Å². The molecule has 2 aliphatic carbocycles. The minimum Gasteiger partial charge on any atom is -0.396 e. The molecule has 0 radical (unpaired) electrons. The van der Waals surface area contributed by atoms with Crippen LogP contribution in [-0.4, -0.2) is 60.9 Å². The minimum atomic E-state index is -0.355. The number of allylic oxidation sites excluding steroid dienone is 1. The highest BCUT2D eigenvalue weighted by Gasteiger charge is 2.35. The molecule has 1 aromatic rings. The standard InChI is InChI=1S/C25H36N2O3/c28-14-5-7-19-6-3-9-21(23-12-2-1-8-20(23)16-19)18-27(22-10-4-11-22)25(29)24-17-26-13-15-30-24/h1-2,8-9,12,19,22,24,26,28H,3-7,10-11,13-18H2/b21-9-/t19?,24-/m1/s1. The number of ether oxygens (including phenoxy) is 1. The average Bonchev–Trinajstić information content (AvgIpc) is 2.73. The summed E-state index contributed by atoms with van der Waals surface area (Å²) in [5, 5.41) is 12.5. The molecular weight excluding hydrogens is 376 g/mol. The summed E-state index contributed by atoms with van der Waals surface area (Å²) in [6, 6.07) is 9.04. The van der Waals surface area contributed by atoms with Crippen molar-refractivity contribution >= 4 is 11.5 Å². The summed E-state index contributed by atoms with van der Waals surface area (Å²) in [5.74, 6) is 0.760. The zero-order chi connectivity index (χ0) is 20.8. The fourth-order valence-electron chi connectivity index (χ4n) is 4.98. The van der Waals surface area contributed by atoms with Gasteiger partial charge in [0.2, 0.25) is 0 Å². The molecule has 0 aromatic heterocycles. The maximum absolute atomic E-state index is 13.4. The van der Waals surface area contributed by atoms with Gasteiger partial charge in [-0.2, -0.15) is 0 Å². The van der Waals surface area contributed by atoms with Crippen molar-refractivity contribution in [1.29, 1.82) is 0 Å². The highest BCUT2D eigenvalue weighted by molar-refractivity contribution is 5.84. The lowest BCUT2D eigenvalue weighted by Gasteiger charge is -2.40. The number of rotatable bonds is 7. The second-order valence-corrected chi connectivity index (χ2v) is 9.01. The molecule has 30 heavy (non-hydrogen) atoms. The first kappa shape index (κ1) is 21.5. The van der Waals surface area contributed by atoms with Gasteiger partial charge in [0.15, 0.2) is 0 Å². The molecule has 1 aromatic carbocycles. The van der Waals surface area contributed by atoms with Crippen LogP contribution in [0.15, 0.2) is 30.3 Å². The Balaban J connectivity index is 1.54. The molecule has 1 saturated heterocycles. The van der Waals surface area contributed by atoms with E-state index in [4.69, 9.17) is 4.74 Å². The van der Waals surface area contributed by atoms with Crippen molar-refractivity contribution in [2.75, 3.05) is 32.8 Å². The van der Waals surface area contributed by atoms with Gasteiger partial charge >= 0.3 is 0 Å². The van der Waals surface area contributed by atoms with Gasteiger partial charge in [0.1, 0.15) is 6.10 Å². The molecule has 0 bridgehead atoms. The molecule has 1 heterocycles. The van der Waals surface area contributed by atoms with E-state index in [1.54, 1.807) is 0 Å². The summed E-state index contributed by atoms with van der Waals surface area (Å²) in [6.45, 7) is 3.00. The number of amides is 1. The SMILES string of the molecule is O=C([C@H]1CNCCO1)N(C/C1=C/CCC(CCCO)Cc2ccccc21)C1CCC1. The Labute approximate surface area is 180 Å². The Bertz CT molecular complexity index is 738. The van der Waals surface area contributed by atoms with Crippen molar-refractivity contribution in [3.05, 3.63) is 41.5 Å². The van der Waals surface area contributed by atoms with Crippen LogP contribution in [0.4, 0.5) is 0 Å². The molecule has 3 aliphatic rings. The fourth-order valence-corrected chi connectivity index (χ4v) is 4.98. The first-order valence-electron chi connectivity index (χ1n) is 11.8. The summed E-state index contributed by atoms with van der Waals surface area (Å²) in [7, 11) is 0. The van der Waals surface area contributed by atoms with E-state index in [-0.39, 0.29) is 18.6 Å². The number of benzene rings is 1. The maximum atomic E-state index is 13.4. The van der Waals surface area contributed by atoms with Crippen LogP contribution in [0.5, 0.6) is 0 Å². The highest BCUT2D eigenvalue weighted by Crippen LogP contribution is 2.33. The van der Waals surface area contributed by atoms with E-state index in [9.17, 15) is 9.90 Å². The molecule has 1 amide bonds. The van der Waals surface area contributed by atoms with Crippen molar-refractivity contribution in [3.63, 3.8) is 0 Å². The van der Waals surface area contributed by atoms with E-state index in [0.717, 1.165) is 51.5 Å². The number of aliphatic hydroxyl groups excluding tert-OH is 1. The first-order valence-corrected chi connectivity index (χ1v) is 11.8. The largest absolute Gasteiger partial charge is 0.396 e. The summed E-state index contributed by atoms with van der Waals surface area (Å²) in [4.78, 5) is 15.5. The number of fused-ring (bicyclic) bond motifs is 1. The predicted molar refractivity (Wildman–Crippen MR) is 119 cm³/mol. The Morgan fingerprint density at radius 1 is 1.23 bits per heavy atom. The van der Waals surface area contributed by atoms with Crippen LogP contribution in [-0.2, 0) is 16.0 Å². The Morgan fingerprint density at radius 3 is 2.83 bits per heavy atom. The summed E-state index contributed by atoms with van der Waals surface area (Å²) >= 11 is 0. The van der Waals surface area contributed by atoms with Gasteiger partial charge in [-0.25, -0.2) is 0 Å². The summed E-state index contributed by atoms with van der Waals surface area (Å²) in [5.41, 5.74) is 3.96. The van der Waals surface area contributed by atoms with Crippen molar-refractivity contribution in [2.45, 2.75) is 63.5 Å². The molecule has 2 fully saturated rings. The van der Waals surface area contributed by atoms with Gasteiger partial charge in [-0.1, -0.05) is 30.3 Å². The van der Waals surface area contributed by atoms with Crippen LogP contribution in [0.1, 0.15) is 56.1 Å². The van der Waals surface area contributed by atoms with Crippen molar-refractivity contribution < 1.29 is 14.6 Å². The topological polar surface area (TPSA) is 61.8 Å². The first-order chi connectivity index (χ1) is 14.8. The Hall–Kier alpha value is -1.69. The van der Waals surface area contributed by atoms with Crippen LogP contribution in [0.2, 0.25) is 0 Å². The molecule has 1 saturated carbocycles. The minimum absolute atomic E-state index is 0.146. The summed E-state index contributed by atoms with van der Waals surface area (Å²) < 4.78 is 5.80. The highest BCUT2D eigenvalue weighted by atomic mass is 16.5. The second kappa shape index (κ2) is 10.6. The van der Waals surface area contributed by atoms with Gasteiger partial charge in [-0.05, 0) is 74.0 Å². The predicted octanol–water partition coefficient (Wildman–Crippen LogP) is 3.16. The van der Waals surface area contributed by atoms with E-state index in [0.29, 0.717) is 31.7 Å². The summed E-state index contributed by atoms with van der Waals surface area (Å²) in [6.07, 6.45) is 10.6. The zero-order valence-corrected chi connectivity index (χ0v) is 18.0. The number of hydrogen-bond acceptors (Lipinski definition) is 4. The number of nitrogens with one attached hydrogen (secondary N) is 1. The Morgan fingerprint density at radius 2 is 2.10 bits per heavy atom. The van der Waals surface area contributed by atoms with Crippen LogP contribution in [0.3, 0.4) is 0 Å².